The quantitative estimate of drug-likeness (QED) is 0.112. The first kappa shape index (κ1) is 41.4. The molecule has 0 aliphatic carbocycles. The number of aromatic nitrogens is 4. The van der Waals surface area contributed by atoms with Crippen molar-refractivity contribution < 1.29 is 27.0 Å². The molecule has 0 atom stereocenters. The van der Waals surface area contributed by atoms with Crippen LogP contribution in [0.2, 0.25) is 19.6 Å². The van der Waals surface area contributed by atoms with E-state index in [0.29, 0.717) is 28.7 Å². The summed E-state index contributed by atoms with van der Waals surface area (Å²) in [6.45, 7) is 23.6. The Morgan fingerprint density at radius 3 is 2.15 bits per heavy atom. The zero-order chi connectivity index (χ0) is 50.0. The number of hydrogen-bond donors (Lipinski definition) is 0. The summed E-state index contributed by atoms with van der Waals surface area (Å²) in [6, 6.07) is 39.6. The van der Waals surface area contributed by atoms with E-state index in [1.807, 2.05) is 56.6 Å². The maximum absolute atomic E-state index is 8.79. The molecule has 4 aromatic heterocycles. The smallest absolute Gasteiger partial charge is 0.0822 e. The van der Waals surface area contributed by atoms with E-state index in [9.17, 15) is 0 Å². The van der Waals surface area contributed by atoms with Gasteiger partial charge >= 0.3 is 0 Å². The third-order valence-electron chi connectivity index (χ3n) is 11.6. The molecular formula is C58H62IrN4SSi-2. The molecule has 335 valence electrons. The van der Waals surface area contributed by atoms with Gasteiger partial charge in [-0.15, -0.1) is 53.1 Å². The summed E-state index contributed by atoms with van der Waals surface area (Å²) in [4.78, 5) is 14.4. The Kier molecular flexibility index (Phi) is 12.1. The molecule has 0 bridgehead atoms. The minimum absolute atomic E-state index is 0. The molecule has 0 spiro atoms. The number of pyridine rings is 2. The van der Waals surface area contributed by atoms with Crippen molar-refractivity contribution >= 4 is 55.8 Å². The van der Waals surface area contributed by atoms with Crippen molar-refractivity contribution in [3.05, 3.63) is 161 Å². The largest absolute Gasteiger partial charge is 0.331 e. The van der Waals surface area contributed by atoms with Crippen LogP contribution < -0.4 is 5.19 Å². The molecule has 4 nitrogen and oxygen atoms in total. The van der Waals surface area contributed by atoms with Crippen LogP contribution in [0.25, 0.3) is 70.7 Å². The van der Waals surface area contributed by atoms with Gasteiger partial charge < -0.3 is 9.55 Å². The first-order valence-electron chi connectivity index (χ1n) is 24.8. The Morgan fingerprint density at radius 2 is 1.52 bits per heavy atom. The standard InChI is InChI=1S/C38H34N3S.C20H28NSi.Ir/c1-22(2)30-19-27(26-10-8-7-9-11-26)20-31(23(3)4)36(30)41-33-21-39-17-16-32(33)40-38(41)29-15-13-25(6)35-28-14-12-24(5)18-34(28)42-37(29)35;1-15-8-10-16(11-9-15)18-12-17(13-20(2,3)4)19(14-21-18)22(5,6)7;/h7-14,16-23H,1-6H3;8-10,12,14H,13H2,1-7H3;/q2*-1;/i;1D3,13D2;. The van der Waals surface area contributed by atoms with Gasteiger partial charge in [0.25, 0.3) is 0 Å². The van der Waals surface area contributed by atoms with Crippen molar-refractivity contribution in [3.63, 3.8) is 0 Å². The average Bonchev–Trinajstić information content (AvgIpc) is 3.87. The number of aryl methyl sites for hydroxylation is 3. The molecule has 1 radical (unpaired) electrons. The fourth-order valence-corrected chi connectivity index (χ4v) is 11.2. The molecule has 0 saturated carbocycles. The summed E-state index contributed by atoms with van der Waals surface area (Å²) in [6.07, 6.45) is 4.07. The number of hydrogen-bond acceptors (Lipinski definition) is 4. The Hall–Kier alpha value is -5.04. The first-order valence-corrected chi connectivity index (χ1v) is 26.6. The van der Waals surface area contributed by atoms with Crippen molar-refractivity contribution in [2.45, 2.75) is 107 Å². The SMILES string of the molecule is Cc1ccc2c(c1)sc1c(-c3nc4ccncc4n3-c3c(C(C)C)cc(-c4ccccc4)cc3C(C)C)[c-]cc(C)c12.[2H]C([2H])([2H])c1c[c-]c(-c2cc(C([2H])([2H])C(C)(C)C)c([Si](C)(C)C)cn2)cc1.[Ir]. The summed E-state index contributed by atoms with van der Waals surface area (Å²) in [7, 11) is -1.81. The zero-order valence-corrected chi connectivity index (χ0v) is 43.9. The van der Waals surface area contributed by atoms with Crippen molar-refractivity contribution in [3.8, 4) is 39.5 Å². The fourth-order valence-electron chi connectivity index (χ4n) is 8.48. The average molecular weight is 1070 g/mol. The number of fused-ring (bicyclic) bond motifs is 4. The minimum Gasteiger partial charge on any atom is -0.331 e. The Bertz CT molecular complexity index is 3310. The minimum atomic E-state index is -2.17. The van der Waals surface area contributed by atoms with Gasteiger partial charge in [0.05, 0.1) is 31.1 Å². The van der Waals surface area contributed by atoms with Gasteiger partial charge in [0, 0.05) is 49.7 Å². The van der Waals surface area contributed by atoms with Crippen LogP contribution in [0, 0.1) is 38.2 Å². The fraction of sp³-hybridized carbons (Fsp3) is 0.293. The maximum Gasteiger partial charge on any atom is 0.0822 e. The van der Waals surface area contributed by atoms with E-state index in [0.717, 1.165) is 27.6 Å². The van der Waals surface area contributed by atoms with E-state index in [2.05, 4.69) is 155 Å². The van der Waals surface area contributed by atoms with Crippen LogP contribution in [-0.4, -0.2) is 27.6 Å². The van der Waals surface area contributed by atoms with Gasteiger partial charge in [0.2, 0.25) is 0 Å². The van der Waals surface area contributed by atoms with Crippen LogP contribution in [0.4, 0.5) is 0 Å². The summed E-state index contributed by atoms with van der Waals surface area (Å²) < 4.78 is 44.9. The summed E-state index contributed by atoms with van der Waals surface area (Å²) in [5.41, 5.74) is 13.4. The molecular weight excluding hydrogens is 1010 g/mol. The molecule has 0 unspecified atom stereocenters. The molecule has 9 rings (SSSR count). The summed E-state index contributed by atoms with van der Waals surface area (Å²) in [5.74, 6) is 1.53. The number of benzene rings is 5. The Balaban J connectivity index is 0.000000225. The van der Waals surface area contributed by atoms with E-state index >= 15 is 0 Å². The van der Waals surface area contributed by atoms with Crippen molar-refractivity contribution in [1.82, 2.24) is 19.5 Å². The molecule has 0 amide bonds. The predicted octanol–water partition coefficient (Wildman–Crippen LogP) is 15.8. The van der Waals surface area contributed by atoms with E-state index in [-0.39, 0.29) is 25.7 Å². The third-order valence-corrected chi connectivity index (χ3v) is 14.8. The molecule has 0 N–H and O–H groups in total. The van der Waals surface area contributed by atoms with Gasteiger partial charge in [-0.1, -0.05) is 147 Å². The molecule has 0 fully saturated rings. The normalized spacial score (nSPS) is 13.5. The number of nitrogens with zero attached hydrogens (tertiary/aromatic N) is 4. The van der Waals surface area contributed by atoms with Crippen LogP contribution in [0.1, 0.15) is 101 Å². The predicted molar refractivity (Wildman–Crippen MR) is 278 cm³/mol. The Morgan fingerprint density at radius 1 is 0.815 bits per heavy atom. The second kappa shape index (κ2) is 19.1. The van der Waals surface area contributed by atoms with Gasteiger partial charge in [0.1, 0.15) is 0 Å². The van der Waals surface area contributed by atoms with E-state index < -0.39 is 26.7 Å². The molecule has 9 aromatic rings. The number of imidazole rings is 1. The van der Waals surface area contributed by atoms with E-state index in [1.165, 1.54) is 65.3 Å². The second-order valence-electron chi connectivity index (χ2n) is 19.7. The summed E-state index contributed by atoms with van der Waals surface area (Å²) >= 11 is 1.85. The van der Waals surface area contributed by atoms with Gasteiger partial charge in [-0.2, -0.15) is 11.3 Å². The molecule has 5 aromatic carbocycles. The van der Waals surface area contributed by atoms with Crippen molar-refractivity contribution in [2.24, 2.45) is 5.41 Å². The van der Waals surface area contributed by atoms with E-state index in [1.54, 1.807) is 18.3 Å². The van der Waals surface area contributed by atoms with Gasteiger partial charge in [-0.05, 0) is 104 Å². The molecule has 7 heteroatoms. The maximum atomic E-state index is 8.79. The van der Waals surface area contributed by atoms with Crippen LogP contribution >= 0.6 is 11.3 Å². The van der Waals surface area contributed by atoms with Crippen molar-refractivity contribution in [1.29, 1.82) is 0 Å². The first-order chi connectivity index (χ1) is 32.4. The molecule has 4 heterocycles. The molecule has 0 aliphatic rings. The number of thiophene rings is 1. The van der Waals surface area contributed by atoms with Gasteiger partial charge in [-0.25, -0.2) is 0 Å². The molecule has 0 aliphatic heterocycles. The monoisotopic (exact) mass is 1070 g/mol. The molecule has 0 saturated heterocycles. The van der Waals surface area contributed by atoms with Crippen molar-refractivity contribution in [2.75, 3.05) is 0 Å². The number of rotatable bonds is 8. The van der Waals surface area contributed by atoms with Crippen LogP contribution in [0.3, 0.4) is 0 Å². The Labute approximate surface area is 413 Å². The third kappa shape index (κ3) is 10.0. The van der Waals surface area contributed by atoms with Crippen LogP contribution in [0.15, 0.2) is 116 Å². The summed E-state index contributed by atoms with van der Waals surface area (Å²) in [5, 5.41) is 3.61. The topological polar surface area (TPSA) is 43.6 Å². The van der Waals surface area contributed by atoms with Crippen LogP contribution in [-0.2, 0) is 26.5 Å². The zero-order valence-electron chi connectivity index (χ0n) is 44.7. The van der Waals surface area contributed by atoms with E-state index in [4.69, 9.17) is 11.8 Å². The van der Waals surface area contributed by atoms with Gasteiger partial charge in [0.15, 0.2) is 0 Å². The van der Waals surface area contributed by atoms with Crippen LogP contribution in [0.5, 0.6) is 0 Å². The molecule has 65 heavy (non-hydrogen) atoms. The van der Waals surface area contributed by atoms with Gasteiger partial charge in [-0.3, -0.25) is 9.97 Å². The second-order valence-corrected chi connectivity index (χ2v) is 25.8.